The molecule has 0 saturated carbocycles. The van der Waals surface area contributed by atoms with E-state index < -0.39 is 15.6 Å². The first kappa shape index (κ1) is 12.9. The van der Waals surface area contributed by atoms with Gasteiger partial charge in [0.25, 0.3) is 0 Å². The van der Waals surface area contributed by atoms with E-state index in [1.165, 1.54) is 6.20 Å². The fourth-order valence-electron chi connectivity index (χ4n) is 1.55. The van der Waals surface area contributed by atoms with E-state index in [1.54, 1.807) is 18.2 Å². The van der Waals surface area contributed by atoms with Crippen LogP contribution in [0.25, 0.3) is 11.8 Å². The molecule has 1 aliphatic carbocycles. The second-order valence-corrected chi connectivity index (χ2v) is 5.13. The molecule has 0 aliphatic heterocycles. The second-order valence-electron chi connectivity index (χ2n) is 3.59. The third-order valence-electron chi connectivity index (χ3n) is 2.33. The zero-order valence-corrected chi connectivity index (χ0v) is 9.75. The molecular formula is C10H8F3NO3S. The summed E-state index contributed by atoms with van der Waals surface area (Å²) in [6.07, 6.45) is 3.59. The molecule has 8 heteroatoms. The molecule has 18 heavy (non-hydrogen) atoms. The zero-order chi connectivity index (χ0) is 13.4. The van der Waals surface area contributed by atoms with Gasteiger partial charge in [0.1, 0.15) is 11.1 Å². The highest BCUT2D eigenvalue weighted by Crippen LogP contribution is 2.27. The lowest BCUT2D eigenvalue weighted by Gasteiger charge is -2.13. The number of halogens is 3. The Morgan fingerprint density at radius 1 is 1.33 bits per heavy atom. The number of alkyl halides is 3. The predicted octanol–water partition coefficient (Wildman–Crippen LogP) is 0.630. The van der Waals surface area contributed by atoms with Gasteiger partial charge in [-0.15, -0.1) is 0 Å². The van der Waals surface area contributed by atoms with Crippen molar-refractivity contribution in [3.8, 4) is 0 Å². The third kappa shape index (κ3) is 2.33. The fraction of sp³-hybridized carbons (Fsp3) is 0.300. The molecule has 0 spiro atoms. The smallest absolute Gasteiger partial charge is 0.378 e. The van der Waals surface area contributed by atoms with E-state index in [0.29, 0.717) is 11.6 Å². The van der Waals surface area contributed by atoms with Gasteiger partial charge >= 0.3 is 15.6 Å². The number of hydrogen-bond acceptors (Lipinski definition) is 4. The Labute approximate surface area is 101 Å². The molecule has 2 rings (SSSR count). The lowest BCUT2D eigenvalue weighted by Crippen LogP contribution is -2.35. The van der Waals surface area contributed by atoms with E-state index in [-0.39, 0.29) is 17.5 Å². The molecule has 0 fully saturated rings. The minimum Gasteiger partial charge on any atom is -0.378 e. The minimum atomic E-state index is -5.63. The summed E-state index contributed by atoms with van der Waals surface area (Å²) in [6.45, 7) is 0. The molecule has 4 nitrogen and oxygen atoms in total. The summed E-state index contributed by atoms with van der Waals surface area (Å²) in [5.41, 5.74) is -5.43. The summed E-state index contributed by atoms with van der Waals surface area (Å²) < 4.78 is 62.6. The SMILES string of the molecule is O=S(=O)(OC1=c2ncccc2=CCC1)C(F)(F)F. The Morgan fingerprint density at radius 3 is 2.72 bits per heavy atom. The number of aromatic nitrogens is 1. The van der Waals surface area contributed by atoms with E-state index in [0.717, 1.165) is 0 Å². The number of nitrogens with zero attached hydrogens (tertiary/aromatic N) is 1. The van der Waals surface area contributed by atoms with Crippen LogP contribution >= 0.6 is 0 Å². The molecule has 0 atom stereocenters. The Kier molecular flexibility index (Phi) is 3.05. The summed E-state index contributed by atoms with van der Waals surface area (Å²) in [6, 6.07) is 3.24. The molecule has 1 aliphatic rings. The molecule has 1 aromatic rings. The van der Waals surface area contributed by atoms with Gasteiger partial charge in [0.15, 0.2) is 0 Å². The Bertz CT molecular complexity index is 679. The number of pyridine rings is 1. The largest absolute Gasteiger partial charge is 0.534 e. The minimum absolute atomic E-state index is 0.0688. The van der Waals surface area contributed by atoms with Crippen molar-refractivity contribution in [2.45, 2.75) is 18.3 Å². The zero-order valence-electron chi connectivity index (χ0n) is 8.94. The molecule has 0 saturated heterocycles. The molecule has 0 amide bonds. The van der Waals surface area contributed by atoms with Crippen molar-refractivity contribution >= 4 is 22.0 Å². The molecule has 0 radical (unpaired) electrons. The monoisotopic (exact) mass is 279 g/mol. The second kappa shape index (κ2) is 4.27. The van der Waals surface area contributed by atoms with Crippen LogP contribution in [0.5, 0.6) is 0 Å². The van der Waals surface area contributed by atoms with E-state index >= 15 is 0 Å². The lowest BCUT2D eigenvalue weighted by molar-refractivity contribution is -0.0511. The van der Waals surface area contributed by atoms with Crippen molar-refractivity contribution < 1.29 is 25.8 Å². The van der Waals surface area contributed by atoms with Crippen molar-refractivity contribution in [3.05, 3.63) is 28.9 Å². The first-order valence-electron chi connectivity index (χ1n) is 4.96. The van der Waals surface area contributed by atoms with Gasteiger partial charge < -0.3 is 4.18 Å². The molecule has 0 N–H and O–H groups in total. The molecule has 0 unspecified atom stereocenters. The van der Waals surface area contributed by atoms with Crippen LogP contribution in [-0.2, 0) is 14.3 Å². The average Bonchev–Trinajstić information content (AvgIpc) is 2.27. The van der Waals surface area contributed by atoms with E-state index in [4.69, 9.17) is 0 Å². The maximum absolute atomic E-state index is 12.2. The van der Waals surface area contributed by atoms with Gasteiger partial charge in [-0.05, 0) is 17.7 Å². The molecular weight excluding hydrogens is 271 g/mol. The van der Waals surface area contributed by atoms with Gasteiger partial charge in [-0.1, -0.05) is 12.1 Å². The summed E-state index contributed by atoms with van der Waals surface area (Å²) >= 11 is 0. The summed E-state index contributed by atoms with van der Waals surface area (Å²) in [5, 5.41) is 0.702. The number of fused-ring (bicyclic) bond motifs is 1. The van der Waals surface area contributed by atoms with Crippen LogP contribution in [-0.4, -0.2) is 18.9 Å². The van der Waals surface area contributed by atoms with Crippen LogP contribution in [0.1, 0.15) is 12.8 Å². The molecule has 1 heterocycles. The van der Waals surface area contributed by atoms with Crippen LogP contribution in [0.3, 0.4) is 0 Å². The summed E-state index contributed by atoms with van der Waals surface area (Å²) in [4.78, 5) is 3.84. The molecule has 1 aromatic heterocycles. The van der Waals surface area contributed by atoms with Crippen LogP contribution < -0.4 is 10.6 Å². The summed E-state index contributed by atoms with van der Waals surface area (Å²) in [5.74, 6) is -0.273. The maximum atomic E-state index is 12.2. The van der Waals surface area contributed by atoms with Gasteiger partial charge in [0, 0.05) is 12.6 Å². The van der Waals surface area contributed by atoms with Gasteiger partial charge in [-0.25, -0.2) is 0 Å². The van der Waals surface area contributed by atoms with Gasteiger partial charge in [-0.3, -0.25) is 4.98 Å². The Hall–Kier alpha value is -1.57. The van der Waals surface area contributed by atoms with Crippen LogP contribution in [0, 0.1) is 0 Å². The van der Waals surface area contributed by atoms with Crippen molar-refractivity contribution in [1.82, 2.24) is 4.98 Å². The fourth-order valence-corrected chi connectivity index (χ4v) is 2.08. The lowest BCUT2D eigenvalue weighted by atomic mass is 10.1. The van der Waals surface area contributed by atoms with Crippen LogP contribution in [0.2, 0.25) is 0 Å². The van der Waals surface area contributed by atoms with E-state index in [2.05, 4.69) is 9.17 Å². The number of rotatable bonds is 2. The van der Waals surface area contributed by atoms with Gasteiger partial charge in [0.2, 0.25) is 0 Å². The third-order valence-corrected chi connectivity index (χ3v) is 3.32. The molecule has 0 bridgehead atoms. The van der Waals surface area contributed by atoms with Crippen molar-refractivity contribution in [3.63, 3.8) is 0 Å². The van der Waals surface area contributed by atoms with Crippen molar-refractivity contribution in [1.29, 1.82) is 0 Å². The van der Waals surface area contributed by atoms with E-state index in [1.807, 2.05) is 0 Å². The number of hydrogen-bond donors (Lipinski definition) is 0. The highest BCUT2D eigenvalue weighted by atomic mass is 32.2. The van der Waals surface area contributed by atoms with Crippen molar-refractivity contribution in [2.75, 3.05) is 0 Å². The first-order chi connectivity index (χ1) is 8.31. The highest BCUT2D eigenvalue weighted by molar-refractivity contribution is 7.87. The van der Waals surface area contributed by atoms with E-state index in [9.17, 15) is 21.6 Å². The highest BCUT2D eigenvalue weighted by Gasteiger charge is 2.49. The van der Waals surface area contributed by atoms with Gasteiger partial charge in [-0.2, -0.15) is 21.6 Å². The Balaban J connectivity index is 2.52. The standard InChI is InChI=1S/C10H8F3NO3S/c11-10(12,13)18(15,16)17-8-5-1-3-7-4-2-6-14-9(7)8/h2-4,6H,1,5H2. The van der Waals surface area contributed by atoms with Crippen LogP contribution in [0.15, 0.2) is 18.3 Å². The maximum Gasteiger partial charge on any atom is 0.534 e. The first-order valence-corrected chi connectivity index (χ1v) is 6.37. The van der Waals surface area contributed by atoms with Crippen molar-refractivity contribution in [2.24, 2.45) is 0 Å². The Morgan fingerprint density at radius 2 is 2.06 bits per heavy atom. The molecule has 0 aromatic carbocycles. The quantitative estimate of drug-likeness (QED) is 0.588. The molecule has 98 valence electrons. The predicted molar refractivity (Wildman–Crippen MR) is 56.7 cm³/mol. The topological polar surface area (TPSA) is 56.3 Å². The normalized spacial score (nSPS) is 15.8. The average molecular weight is 279 g/mol. The van der Waals surface area contributed by atoms with Gasteiger partial charge in [0.05, 0.1) is 0 Å². The van der Waals surface area contributed by atoms with Crippen LogP contribution in [0.4, 0.5) is 13.2 Å². The summed E-state index contributed by atoms with van der Waals surface area (Å²) in [7, 11) is -5.63.